The highest BCUT2D eigenvalue weighted by molar-refractivity contribution is 5.80. The van der Waals surface area contributed by atoms with Gasteiger partial charge in [-0.3, -0.25) is 9.69 Å². The minimum absolute atomic E-state index is 0.0838. The molecule has 0 amide bonds. The summed E-state index contributed by atoms with van der Waals surface area (Å²) in [6, 6.07) is 13.5. The van der Waals surface area contributed by atoms with Gasteiger partial charge in [-0.15, -0.1) is 5.10 Å². The van der Waals surface area contributed by atoms with Crippen molar-refractivity contribution < 1.29 is 14.2 Å². The molecule has 0 unspecified atom stereocenters. The van der Waals surface area contributed by atoms with Crippen LogP contribution in [0.15, 0.2) is 53.3 Å². The number of fused-ring (bicyclic) bond motifs is 1. The first-order chi connectivity index (χ1) is 16.1. The van der Waals surface area contributed by atoms with E-state index >= 15 is 0 Å². The number of nitrogens with one attached hydrogen (secondary N) is 1. The van der Waals surface area contributed by atoms with Gasteiger partial charge in [0.1, 0.15) is 11.6 Å². The smallest absolute Gasteiger partial charge is 0.252 e. The van der Waals surface area contributed by atoms with Crippen LogP contribution in [0.3, 0.4) is 0 Å². The van der Waals surface area contributed by atoms with E-state index in [4.69, 9.17) is 4.74 Å². The Morgan fingerprint density at radius 2 is 1.97 bits per heavy atom. The summed E-state index contributed by atoms with van der Waals surface area (Å²) in [7, 11) is 0. The monoisotopic (exact) mass is 452 g/mol. The fourth-order valence-corrected chi connectivity index (χ4v) is 3.62. The van der Waals surface area contributed by atoms with Gasteiger partial charge in [0, 0.05) is 29.6 Å². The molecule has 0 saturated carbocycles. The minimum Gasteiger partial charge on any atom is -0.494 e. The minimum atomic E-state index is -0.307. The van der Waals surface area contributed by atoms with Crippen LogP contribution in [0.25, 0.3) is 10.9 Å². The van der Waals surface area contributed by atoms with Gasteiger partial charge in [0.15, 0.2) is 5.82 Å². The number of halogens is 1. The maximum atomic E-state index is 13.2. The summed E-state index contributed by atoms with van der Waals surface area (Å²) in [5, 5.41) is 22.3. The second-order valence-electron chi connectivity index (χ2n) is 7.62. The van der Waals surface area contributed by atoms with Crippen LogP contribution in [0.5, 0.6) is 5.75 Å². The van der Waals surface area contributed by atoms with E-state index in [-0.39, 0.29) is 18.0 Å². The summed E-state index contributed by atoms with van der Waals surface area (Å²) >= 11 is 0. The highest BCUT2D eigenvalue weighted by Gasteiger charge is 2.15. The molecule has 9 nitrogen and oxygen atoms in total. The van der Waals surface area contributed by atoms with E-state index < -0.39 is 0 Å². The quantitative estimate of drug-likeness (QED) is 0.379. The van der Waals surface area contributed by atoms with Gasteiger partial charge >= 0.3 is 0 Å². The Kier molecular flexibility index (Phi) is 7.06. The third-order valence-electron chi connectivity index (χ3n) is 5.23. The molecule has 4 aromatic rings. The first-order valence-electron chi connectivity index (χ1n) is 10.7. The fraction of sp³-hybridized carbons (Fsp3) is 0.304. The topological polar surface area (TPSA) is 109 Å². The number of hydrogen-bond acceptors (Lipinski definition) is 7. The maximum Gasteiger partial charge on any atom is 0.252 e. The van der Waals surface area contributed by atoms with E-state index in [1.165, 1.54) is 12.1 Å². The van der Waals surface area contributed by atoms with Gasteiger partial charge in [-0.25, -0.2) is 9.07 Å². The van der Waals surface area contributed by atoms with Gasteiger partial charge in [0.25, 0.3) is 5.56 Å². The van der Waals surface area contributed by atoms with Gasteiger partial charge < -0.3 is 14.8 Å². The highest BCUT2D eigenvalue weighted by Crippen LogP contribution is 2.20. The third-order valence-corrected chi connectivity index (χ3v) is 5.23. The summed E-state index contributed by atoms with van der Waals surface area (Å²) in [6.45, 7) is 3.72. The molecule has 0 atom stereocenters. The summed E-state index contributed by atoms with van der Waals surface area (Å²) in [6.07, 6.45) is 0. The molecule has 0 saturated heterocycles. The lowest BCUT2D eigenvalue weighted by molar-refractivity contribution is 0.179. The molecule has 2 aromatic carbocycles. The summed E-state index contributed by atoms with van der Waals surface area (Å²) in [5.74, 6) is 0.998. The molecule has 0 aliphatic rings. The summed E-state index contributed by atoms with van der Waals surface area (Å²) in [4.78, 5) is 17.5. The Morgan fingerprint density at radius 3 is 2.73 bits per heavy atom. The van der Waals surface area contributed by atoms with E-state index in [1.807, 2.05) is 36.1 Å². The van der Waals surface area contributed by atoms with Crippen LogP contribution >= 0.6 is 0 Å². The molecule has 0 aliphatic heterocycles. The van der Waals surface area contributed by atoms with Crippen LogP contribution in [-0.2, 0) is 19.6 Å². The van der Waals surface area contributed by atoms with Crippen LogP contribution in [0.4, 0.5) is 4.39 Å². The standard InChI is InChI=1S/C23H25FN6O3/c1-2-33-20-7-8-21-17(12-20)11-18(23(32)25-21)14-29(9-10-31)15-22-26-27-28-30(22)13-16-3-5-19(24)6-4-16/h3-8,11-12,31H,2,9-10,13-15H2,1H3,(H,25,32). The molecule has 0 bridgehead atoms. The molecule has 10 heteroatoms. The molecule has 2 heterocycles. The lowest BCUT2D eigenvalue weighted by Crippen LogP contribution is -2.30. The first-order valence-corrected chi connectivity index (χ1v) is 10.7. The van der Waals surface area contributed by atoms with Gasteiger partial charge in [0.05, 0.1) is 26.3 Å². The molecule has 0 radical (unpaired) electrons. The van der Waals surface area contributed by atoms with Crippen LogP contribution in [-0.4, -0.2) is 55.0 Å². The lowest BCUT2D eigenvalue weighted by Gasteiger charge is -2.20. The van der Waals surface area contributed by atoms with E-state index in [1.54, 1.807) is 16.8 Å². The van der Waals surface area contributed by atoms with Crippen molar-refractivity contribution in [2.24, 2.45) is 0 Å². The molecule has 172 valence electrons. The van der Waals surface area contributed by atoms with Crippen LogP contribution in [0.2, 0.25) is 0 Å². The lowest BCUT2D eigenvalue weighted by atomic mass is 10.1. The van der Waals surface area contributed by atoms with Gasteiger partial charge in [-0.1, -0.05) is 12.1 Å². The van der Waals surface area contributed by atoms with Crippen molar-refractivity contribution in [2.45, 2.75) is 26.6 Å². The first kappa shape index (κ1) is 22.6. The second kappa shape index (κ2) is 10.3. The molecule has 0 spiro atoms. The summed E-state index contributed by atoms with van der Waals surface area (Å²) in [5.41, 5.74) is 1.95. The summed E-state index contributed by atoms with van der Waals surface area (Å²) < 4.78 is 20.4. The largest absolute Gasteiger partial charge is 0.494 e. The zero-order valence-electron chi connectivity index (χ0n) is 18.2. The number of ether oxygens (including phenoxy) is 1. The highest BCUT2D eigenvalue weighted by atomic mass is 19.1. The van der Waals surface area contributed by atoms with E-state index in [9.17, 15) is 14.3 Å². The normalized spacial score (nSPS) is 11.4. The molecule has 2 aromatic heterocycles. The van der Waals surface area contributed by atoms with E-state index in [0.29, 0.717) is 44.2 Å². The number of aromatic amines is 1. The predicted molar refractivity (Wildman–Crippen MR) is 120 cm³/mol. The van der Waals surface area contributed by atoms with Crippen molar-refractivity contribution in [3.8, 4) is 5.75 Å². The zero-order chi connectivity index (χ0) is 23.2. The molecule has 0 fully saturated rings. The molecule has 33 heavy (non-hydrogen) atoms. The Balaban J connectivity index is 1.54. The van der Waals surface area contributed by atoms with Crippen LogP contribution < -0.4 is 10.3 Å². The maximum absolute atomic E-state index is 13.2. The van der Waals surface area contributed by atoms with Gasteiger partial charge in [-0.2, -0.15) is 0 Å². The van der Waals surface area contributed by atoms with Gasteiger partial charge in [0.2, 0.25) is 0 Å². The number of H-pyrrole nitrogens is 1. The Bertz CT molecular complexity index is 1270. The molecular weight excluding hydrogens is 427 g/mol. The number of benzene rings is 2. The number of pyridine rings is 1. The van der Waals surface area contributed by atoms with Crippen LogP contribution in [0.1, 0.15) is 23.9 Å². The number of rotatable bonds is 10. The van der Waals surface area contributed by atoms with Crippen molar-refractivity contribution in [3.05, 3.63) is 81.7 Å². The fourth-order valence-electron chi connectivity index (χ4n) is 3.62. The van der Waals surface area contributed by atoms with Crippen molar-refractivity contribution in [2.75, 3.05) is 19.8 Å². The average Bonchev–Trinajstić information content (AvgIpc) is 3.23. The average molecular weight is 452 g/mol. The Labute approximate surface area is 189 Å². The Hall–Kier alpha value is -3.63. The second-order valence-corrected chi connectivity index (χ2v) is 7.62. The van der Waals surface area contributed by atoms with Crippen LogP contribution in [0, 0.1) is 5.82 Å². The number of aliphatic hydroxyl groups excluding tert-OH is 1. The van der Waals surface area contributed by atoms with E-state index in [0.717, 1.165) is 22.2 Å². The number of aliphatic hydroxyl groups is 1. The number of nitrogens with zero attached hydrogens (tertiary/aromatic N) is 5. The number of tetrazole rings is 1. The molecular formula is C23H25FN6O3. The predicted octanol–water partition coefficient (Wildman–Crippen LogP) is 2.10. The molecule has 2 N–H and O–H groups in total. The number of aromatic nitrogens is 5. The van der Waals surface area contributed by atoms with Crippen molar-refractivity contribution in [1.29, 1.82) is 0 Å². The van der Waals surface area contributed by atoms with Crippen molar-refractivity contribution in [3.63, 3.8) is 0 Å². The Morgan fingerprint density at radius 1 is 1.15 bits per heavy atom. The van der Waals surface area contributed by atoms with E-state index in [2.05, 4.69) is 20.5 Å². The molecule has 4 rings (SSSR count). The zero-order valence-corrected chi connectivity index (χ0v) is 18.2. The molecule has 0 aliphatic carbocycles. The SMILES string of the molecule is CCOc1ccc2[nH]c(=O)c(CN(CCO)Cc3nnnn3Cc3ccc(F)cc3)cc2c1. The van der Waals surface area contributed by atoms with Gasteiger partial charge in [-0.05, 0) is 59.3 Å². The van der Waals surface area contributed by atoms with Crippen molar-refractivity contribution >= 4 is 10.9 Å². The third kappa shape index (κ3) is 5.60. The van der Waals surface area contributed by atoms with Crippen molar-refractivity contribution in [1.82, 2.24) is 30.1 Å². The number of hydrogen-bond donors (Lipinski definition) is 2.